The van der Waals surface area contributed by atoms with Crippen LogP contribution in [0.3, 0.4) is 0 Å². The fraction of sp³-hybridized carbons (Fsp3) is 0.444. The monoisotopic (exact) mass is 1060 g/mol. The van der Waals surface area contributed by atoms with Crippen LogP contribution in [0, 0.1) is 11.8 Å². The summed E-state index contributed by atoms with van der Waals surface area (Å²) in [4.78, 5) is 73.2. The van der Waals surface area contributed by atoms with Crippen molar-refractivity contribution in [2.45, 2.75) is 78.2 Å². The third-order valence-corrected chi connectivity index (χ3v) is 12.1. The topological polar surface area (TPSA) is 250 Å². The Morgan fingerprint density at radius 3 is 1.04 bits per heavy atom. The Morgan fingerprint density at radius 2 is 0.763 bits per heavy atom. The largest absolute Gasteiger partial charge is 0.493 e. The summed E-state index contributed by atoms with van der Waals surface area (Å²) in [6.45, 7) is 7.12. The van der Waals surface area contributed by atoms with Crippen molar-refractivity contribution in [3.05, 3.63) is 82.9 Å². The average Bonchev–Trinajstić information content (AvgIpc) is 4.02. The first-order valence-corrected chi connectivity index (χ1v) is 23.7. The predicted molar refractivity (Wildman–Crippen MR) is 263 cm³/mol. The lowest BCUT2D eigenvalue weighted by Crippen LogP contribution is -2.34. The van der Waals surface area contributed by atoms with Crippen molar-refractivity contribution in [2.24, 2.45) is 11.8 Å². The molecular formula is C54H62O22. The molecule has 0 aromatic heterocycles. The maximum absolute atomic E-state index is 12.6. The SMILES string of the molecule is COc1cc([C@@H](OC(C)=O)[C@H](COC(C)=O)Oc2c(OC)cc([C@@H]3OC[C@@H]4[C@H]3CO[C@H]4c3cc(OC)c(O[C@@H](COC(C)=O)[C@@H](OC(C)=O)c4ccc(OC(C)=O)c(OC)c4)c(OC)c3)cc2OC)ccc1OC(C)=O. The Kier molecular flexibility index (Phi) is 19.6. The van der Waals surface area contributed by atoms with Crippen LogP contribution < -0.4 is 47.4 Å². The van der Waals surface area contributed by atoms with Gasteiger partial charge in [0.1, 0.15) is 13.2 Å². The molecule has 0 unspecified atom stereocenters. The van der Waals surface area contributed by atoms with E-state index in [1.165, 1.54) is 108 Å². The third kappa shape index (κ3) is 13.8. The van der Waals surface area contributed by atoms with Crippen molar-refractivity contribution in [3.63, 3.8) is 0 Å². The highest BCUT2D eigenvalue weighted by atomic mass is 16.6. The molecular weight excluding hydrogens is 1000 g/mol. The maximum Gasteiger partial charge on any atom is 0.308 e. The Bertz CT molecular complexity index is 2520. The number of benzene rings is 4. The van der Waals surface area contributed by atoms with Gasteiger partial charge in [0.05, 0.1) is 68.1 Å². The van der Waals surface area contributed by atoms with Gasteiger partial charge < -0.3 is 75.8 Å². The number of fused-ring (bicyclic) bond motifs is 1. The van der Waals surface area contributed by atoms with Gasteiger partial charge in [-0.1, -0.05) is 12.1 Å². The van der Waals surface area contributed by atoms with Crippen molar-refractivity contribution >= 4 is 35.8 Å². The first-order chi connectivity index (χ1) is 36.3. The van der Waals surface area contributed by atoms with Crippen molar-refractivity contribution in [2.75, 3.05) is 69.1 Å². The molecule has 76 heavy (non-hydrogen) atoms. The van der Waals surface area contributed by atoms with Gasteiger partial charge in [-0.15, -0.1) is 0 Å². The van der Waals surface area contributed by atoms with Crippen LogP contribution in [0.4, 0.5) is 0 Å². The summed E-state index contributed by atoms with van der Waals surface area (Å²) in [6.07, 6.45) is -5.88. The number of carbonyl (C=O) groups is 6. The number of methoxy groups -OCH3 is 6. The zero-order valence-corrected chi connectivity index (χ0v) is 44.2. The zero-order valence-electron chi connectivity index (χ0n) is 44.2. The van der Waals surface area contributed by atoms with Gasteiger partial charge >= 0.3 is 35.8 Å². The Hall–Kier alpha value is -7.98. The van der Waals surface area contributed by atoms with Crippen molar-refractivity contribution < 1.29 is 105 Å². The maximum atomic E-state index is 12.6. The van der Waals surface area contributed by atoms with Crippen molar-refractivity contribution in [1.82, 2.24) is 0 Å². The minimum absolute atomic E-state index is 0.0920. The van der Waals surface area contributed by atoms with Gasteiger partial charge in [0.15, 0.2) is 70.4 Å². The highest BCUT2D eigenvalue weighted by Gasteiger charge is 2.49. The fourth-order valence-corrected chi connectivity index (χ4v) is 8.94. The van der Waals surface area contributed by atoms with Crippen molar-refractivity contribution in [3.8, 4) is 57.5 Å². The number of esters is 6. The van der Waals surface area contributed by atoms with Gasteiger partial charge in [-0.2, -0.15) is 0 Å². The van der Waals surface area contributed by atoms with E-state index in [1.54, 1.807) is 36.4 Å². The molecule has 0 radical (unpaired) electrons. The van der Waals surface area contributed by atoms with E-state index in [0.717, 1.165) is 0 Å². The molecule has 2 fully saturated rings. The standard InChI is InChI=1S/C54H62O22/c1-27(55)67-25-47(51(73-31(5)59)33-13-15-39(71-29(3)57)41(17-33)61-7)75-53-43(63-9)19-35(20-44(53)64-10)49-37-23-70-50(38(37)24-69-49)36-21-45(65-11)54(46(22-36)66-12)76-48(26-68-28(2)56)52(74-32(6)60)34-14-16-40(72-30(4)58)42(18-34)62-8/h13-22,37-38,47-52H,23-26H2,1-12H3/t37-,38-,47+,48+,49+,50+,51-,52+/m1/s1. The molecule has 2 aliphatic rings. The molecule has 6 rings (SSSR count). The summed E-state index contributed by atoms with van der Waals surface area (Å²) >= 11 is 0. The molecule has 0 aliphatic carbocycles. The van der Waals surface area contributed by atoms with E-state index in [-0.39, 0.29) is 95.8 Å². The van der Waals surface area contributed by atoms with Crippen LogP contribution in [0.2, 0.25) is 0 Å². The molecule has 0 N–H and O–H groups in total. The first-order valence-electron chi connectivity index (χ1n) is 23.7. The lowest BCUT2D eigenvalue weighted by molar-refractivity contribution is -0.158. The molecule has 4 aromatic carbocycles. The molecule has 8 atom stereocenters. The number of hydrogen-bond acceptors (Lipinski definition) is 22. The molecule has 22 heteroatoms. The summed E-state index contributed by atoms with van der Waals surface area (Å²) in [5, 5.41) is 0. The van der Waals surface area contributed by atoms with Crippen LogP contribution in [0.15, 0.2) is 60.7 Å². The van der Waals surface area contributed by atoms with E-state index in [1.807, 2.05) is 0 Å². The van der Waals surface area contributed by atoms with Crippen LogP contribution in [0.1, 0.15) is 88.2 Å². The number of rotatable bonds is 24. The third-order valence-electron chi connectivity index (χ3n) is 12.1. The molecule has 0 bridgehead atoms. The zero-order chi connectivity index (χ0) is 55.4. The second-order valence-corrected chi connectivity index (χ2v) is 17.3. The van der Waals surface area contributed by atoms with Gasteiger partial charge in [-0.25, -0.2) is 0 Å². The van der Waals surface area contributed by atoms with Gasteiger partial charge in [0.2, 0.25) is 11.5 Å². The number of ether oxygens (including phenoxy) is 16. The summed E-state index contributed by atoms with van der Waals surface area (Å²) in [6, 6.07) is 16.0. The Labute approximate surface area is 438 Å². The second-order valence-electron chi connectivity index (χ2n) is 17.3. The molecule has 0 spiro atoms. The van der Waals surface area contributed by atoms with E-state index in [2.05, 4.69) is 0 Å². The van der Waals surface area contributed by atoms with E-state index >= 15 is 0 Å². The Balaban J connectivity index is 1.30. The highest BCUT2D eigenvalue weighted by molar-refractivity contribution is 5.72. The van der Waals surface area contributed by atoms with Gasteiger partial charge in [-0.05, 0) is 59.7 Å². The highest BCUT2D eigenvalue weighted by Crippen LogP contribution is 2.54. The molecule has 2 heterocycles. The summed E-state index contributed by atoms with van der Waals surface area (Å²) in [7, 11) is 8.50. The van der Waals surface area contributed by atoms with Crippen LogP contribution in [-0.4, -0.2) is 117 Å². The lowest BCUT2D eigenvalue weighted by atomic mass is 9.84. The molecule has 0 amide bonds. The predicted octanol–water partition coefficient (Wildman–Crippen LogP) is 6.89. The van der Waals surface area contributed by atoms with Crippen LogP contribution in [-0.2, 0) is 57.2 Å². The lowest BCUT2D eigenvalue weighted by Gasteiger charge is -2.29. The Morgan fingerprint density at radius 1 is 0.434 bits per heavy atom. The normalized spacial score (nSPS) is 18.0. The van der Waals surface area contributed by atoms with E-state index in [9.17, 15) is 28.8 Å². The van der Waals surface area contributed by atoms with Crippen molar-refractivity contribution in [1.29, 1.82) is 0 Å². The van der Waals surface area contributed by atoms with E-state index in [0.29, 0.717) is 22.3 Å². The molecule has 2 saturated heterocycles. The van der Waals surface area contributed by atoms with Gasteiger partial charge in [-0.3, -0.25) is 28.8 Å². The van der Waals surface area contributed by atoms with Crippen LogP contribution in [0.25, 0.3) is 0 Å². The fourth-order valence-electron chi connectivity index (χ4n) is 8.94. The molecule has 0 saturated carbocycles. The van der Waals surface area contributed by atoms with Crippen LogP contribution in [0.5, 0.6) is 57.5 Å². The summed E-state index contributed by atoms with van der Waals surface area (Å²) in [5.74, 6) is -2.59. The van der Waals surface area contributed by atoms with Gasteiger partial charge in [0, 0.05) is 64.5 Å². The average molecular weight is 1060 g/mol. The molecule has 410 valence electrons. The van der Waals surface area contributed by atoms with E-state index < -0.39 is 72.4 Å². The first kappa shape index (κ1) is 57.3. The molecule has 2 aliphatic heterocycles. The second kappa shape index (κ2) is 26.0. The number of carbonyl (C=O) groups excluding carboxylic acids is 6. The van der Waals surface area contributed by atoms with Gasteiger partial charge in [0.25, 0.3) is 0 Å². The smallest absolute Gasteiger partial charge is 0.308 e. The minimum Gasteiger partial charge on any atom is -0.493 e. The number of hydrogen-bond donors (Lipinski definition) is 0. The van der Waals surface area contributed by atoms with E-state index in [4.69, 9.17) is 75.8 Å². The molecule has 22 nitrogen and oxygen atoms in total. The molecule has 4 aromatic rings. The minimum atomic E-state index is -1.21. The quantitative estimate of drug-likeness (QED) is 0.0393. The van der Waals surface area contributed by atoms with Crippen LogP contribution >= 0.6 is 0 Å². The summed E-state index contributed by atoms with van der Waals surface area (Å²) in [5.41, 5.74) is 2.03. The summed E-state index contributed by atoms with van der Waals surface area (Å²) < 4.78 is 93.6.